The molecule has 0 aromatic heterocycles. The summed E-state index contributed by atoms with van der Waals surface area (Å²) in [5.74, 6) is -0.274. The van der Waals surface area contributed by atoms with Crippen molar-refractivity contribution in [2.24, 2.45) is 0 Å². The number of amides is 1. The Balaban J connectivity index is 1.73. The van der Waals surface area contributed by atoms with E-state index in [4.69, 9.17) is 0 Å². The Kier molecular flexibility index (Phi) is 5.39. The second-order valence-corrected chi connectivity index (χ2v) is 8.06. The normalized spacial score (nSPS) is 11.0. The molecule has 0 unspecified atom stereocenters. The zero-order valence-electron chi connectivity index (χ0n) is 13.5. The molecule has 1 amide bonds. The predicted molar refractivity (Wildman–Crippen MR) is 106 cm³/mol. The Labute approximate surface area is 160 Å². The highest BCUT2D eigenvalue weighted by molar-refractivity contribution is 9.10. The van der Waals surface area contributed by atoms with Gasteiger partial charge in [-0.3, -0.25) is 9.52 Å². The van der Waals surface area contributed by atoms with Crippen LogP contribution >= 0.6 is 15.9 Å². The van der Waals surface area contributed by atoms with E-state index >= 15 is 0 Å². The Bertz CT molecular complexity index is 1020. The maximum atomic E-state index is 12.4. The van der Waals surface area contributed by atoms with Crippen LogP contribution in [0.1, 0.15) is 10.4 Å². The zero-order valence-corrected chi connectivity index (χ0v) is 15.9. The minimum Gasteiger partial charge on any atom is -0.322 e. The molecule has 26 heavy (non-hydrogen) atoms. The van der Waals surface area contributed by atoms with Crippen molar-refractivity contribution >= 4 is 43.2 Å². The SMILES string of the molecule is O=C(Nc1ccc(S(=O)(=O)Nc2ccccc2)cc1)c1cccc(Br)c1. The summed E-state index contributed by atoms with van der Waals surface area (Å²) in [7, 11) is -3.69. The second-order valence-electron chi connectivity index (χ2n) is 5.46. The molecular formula is C19H15BrN2O3S. The quantitative estimate of drug-likeness (QED) is 0.625. The summed E-state index contributed by atoms with van der Waals surface area (Å²) in [6, 6.07) is 21.6. The van der Waals surface area contributed by atoms with Crippen molar-refractivity contribution in [1.29, 1.82) is 0 Å². The van der Waals surface area contributed by atoms with Crippen molar-refractivity contribution in [3.05, 3.63) is 88.9 Å². The van der Waals surface area contributed by atoms with E-state index in [0.717, 1.165) is 4.47 Å². The summed E-state index contributed by atoms with van der Waals surface area (Å²) < 4.78 is 28.1. The summed E-state index contributed by atoms with van der Waals surface area (Å²) in [5.41, 5.74) is 1.50. The third kappa shape index (κ3) is 4.50. The smallest absolute Gasteiger partial charge is 0.261 e. The van der Waals surface area contributed by atoms with Gasteiger partial charge >= 0.3 is 0 Å². The van der Waals surface area contributed by atoms with Gasteiger partial charge in [0.25, 0.3) is 15.9 Å². The topological polar surface area (TPSA) is 75.3 Å². The van der Waals surface area contributed by atoms with E-state index in [1.165, 1.54) is 12.1 Å². The summed E-state index contributed by atoms with van der Waals surface area (Å²) in [6.45, 7) is 0. The predicted octanol–water partition coefficient (Wildman–Crippen LogP) is 4.50. The highest BCUT2D eigenvalue weighted by atomic mass is 79.9. The van der Waals surface area contributed by atoms with E-state index in [1.54, 1.807) is 60.7 Å². The highest BCUT2D eigenvalue weighted by Crippen LogP contribution is 2.19. The standard InChI is InChI=1S/C19H15BrN2O3S/c20-15-6-4-5-14(13-15)19(23)21-16-9-11-18(12-10-16)26(24,25)22-17-7-2-1-3-8-17/h1-13,22H,(H,21,23). The maximum Gasteiger partial charge on any atom is 0.261 e. The third-order valence-corrected chi connectivity index (χ3v) is 5.43. The molecule has 3 rings (SSSR count). The molecule has 2 N–H and O–H groups in total. The van der Waals surface area contributed by atoms with Gasteiger partial charge < -0.3 is 5.32 Å². The number of anilines is 2. The van der Waals surface area contributed by atoms with Crippen LogP contribution in [0.4, 0.5) is 11.4 Å². The van der Waals surface area contributed by atoms with E-state index in [-0.39, 0.29) is 10.8 Å². The molecule has 0 heterocycles. The van der Waals surface area contributed by atoms with Crippen LogP contribution in [0.15, 0.2) is 88.2 Å². The number of hydrogen-bond acceptors (Lipinski definition) is 3. The van der Waals surface area contributed by atoms with Crippen molar-refractivity contribution in [2.75, 3.05) is 10.0 Å². The number of halogens is 1. The Morgan fingerprint density at radius 2 is 1.50 bits per heavy atom. The molecule has 0 atom stereocenters. The lowest BCUT2D eigenvalue weighted by Crippen LogP contribution is -2.14. The lowest BCUT2D eigenvalue weighted by molar-refractivity contribution is 0.102. The Morgan fingerprint density at radius 1 is 0.808 bits per heavy atom. The number of nitrogens with one attached hydrogen (secondary N) is 2. The third-order valence-electron chi connectivity index (χ3n) is 3.54. The van der Waals surface area contributed by atoms with E-state index in [1.807, 2.05) is 6.07 Å². The van der Waals surface area contributed by atoms with Gasteiger partial charge in [-0.05, 0) is 54.6 Å². The molecule has 0 aliphatic carbocycles. The van der Waals surface area contributed by atoms with Gasteiger partial charge in [-0.2, -0.15) is 0 Å². The monoisotopic (exact) mass is 430 g/mol. The zero-order chi connectivity index (χ0) is 18.6. The number of para-hydroxylation sites is 1. The molecular weight excluding hydrogens is 416 g/mol. The van der Waals surface area contributed by atoms with Gasteiger partial charge in [0.1, 0.15) is 0 Å². The molecule has 132 valence electrons. The fourth-order valence-corrected chi connectivity index (χ4v) is 3.73. The Hall–Kier alpha value is -2.64. The van der Waals surface area contributed by atoms with Crippen LogP contribution < -0.4 is 10.0 Å². The number of carbonyl (C=O) groups excluding carboxylic acids is 1. The summed E-state index contributed by atoms with van der Waals surface area (Å²) in [6.07, 6.45) is 0. The first-order valence-corrected chi connectivity index (χ1v) is 9.96. The first kappa shape index (κ1) is 18.2. The Morgan fingerprint density at radius 3 is 2.15 bits per heavy atom. The van der Waals surface area contributed by atoms with E-state index in [0.29, 0.717) is 16.9 Å². The van der Waals surface area contributed by atoms with Crippen molar-refractivity contribution < 1.29 is 13.2 Å². The molecule has 0 saturated carbocycles. The van der Waals surface area contributed by atoms with Crippen LogP contribution in [0.25, 0.3) is 0 Å². The molecule has 0 bridgehead atoms. The van der Waals surface area contributed by atoms with Crippen molar-refractivity contribution in [3.8, 4) is 0 Å². The van der Waals surface area contributed by atoms with Crippen LogP contribution in [0.3, 0.4) is 0 Å². The highest BCUT2D eigenvalue weighted by Gasteiger charge is 2.14. The van der Waals surface area contributed by atoms with Crippen LogP contribution in [0.5, 0.6) is 0 Å². The average Bonchev–Trinajstić information content (AvgIpc) is 2.62. The molecule has 0 spiro atoms. The average molecular weight is 431 g/mol. The first-order valence-electron chi connectivity index (χ1n) is 7.69. The van der Waals surface area contributed by atoms with Gasteiger partial charge in [0.2, 0.25) is 0 Å². The van der Waals surface area contributed by atoms with Crippen LogP contribution in [-0.4, -0.2) is 14.3 Å². The van der Waals surface area contributed by atoms with Crippen LogP contribution in [-0.2, 0) is 10.0 Å². The number of rotatable bonds is 5. The van der Waals surface area contributed by atoms with Gasteiger partial charge in [-0.25, -0.2) is 8.42 Å². The second kappa shape index (κ2) is 7.72. The van der Waals surface area contributed by atoms with Gasteiger partial charge in [0.05, 0.1) is 4.90 Å². The molecule has 7 heteroatoms. The number of benzene rings is 3. The number of carbonyl (C=O) groups is 1. The molecule has 5 nitrogen and oxygen atoms in total. The lowest BCUT2D eigenvalue weighted by atomic mass is 10.2. The molecule has 3 aromatic carbocycles. The lowest BCUT2D eigenvalue weighted by Gasteiger charge is -2.09. The molecule has 0 radical (unpaired) electrons. The fourth-order valence-electron chi connectivity index (χ4n) is 2.27. The molecule has 3 aromatic rings. The first-order chi connectivity index (χ1) is 12.4. The van der Waals surface area contributed by atoms with Crippen molar-refractivity contribution in [1.82, 2.24) is 0 Å². The molecule has 0 aliphatic rings. The van der Waals surface area contributed by atoms with E-state index < -0.39 is 10.0 Å². The maximum absolute atomic E-state index is 12.4. The summed E-state index contributed by atoms with van der Waals surface area (Å²) in [4.78, 5) is 12.3. The van der Waals surface area contributed by atoms with Crippen molar-refractivity contribution in [2.45, 2.75) is 4.90 Å². The van der Waals surface area contributed by atoms with Gasteiger partial charge in [0.15, 0.2) is 0 Å². The molecule has 0 aliphatic heterocycles. The van der Waals surface area contributed by atoms with Crippen molar-refractivity contribution in [3.63, 3.8) is 0 Å². The number of sulfonamides is 1. The molecule has 0 saturated heterocycles. The largest absolute Gasteiger partial charge is 0.322 e. The van der Waals surface area contributed by atoms with E-state index in [9.17, 15) is 13.2 Å². The van der Waals surface area contributed by atoms with E-state index in [2.05, 4.69) is 26.0 Å². The molecule has 0 fully saturated rings. The van der Waals surface area contributed by atoms with Gasteiger partial charge in [-0.1, -0.05) is 40.2 Å². The van der Waals surface area contributed by atoms with Gasteiger partial charge in [0, 0.05) is 21.4 Å². The minimum absolute atomic E-state index is 0.113. The number of hydrogen-bond donors (Lipinski definition) is 2. The minimum atomic E-state index is -3.69. The van der Waals surface area contributed by atoms with Crippen LogP contribution in [0, 0.1) is 0 Å². The summed E-state index contributed by atoms with van der Waals surface area (Å²) >= 11 is 3.32. The summed E-state index contributed by atoms with van der Waals surface area (Å²) in [5, 5.41) is 2.74. The fraction of sp³-hybridized carbons (Fsp3) is 0. The van der Waals surface area contributed by atoms with Crippen LogP contribution in [0.2, 0.25) is 0 Å². The van der Waals surface area contributed by atoms with Gasteiger partial charge in [-0.15, -0.1) is 0 Å².